The highest BCUT2D eigenvalue weighted by Gasteiger charge is 2.13. The van der Waals surface area contributed by atoms with E-state index in [1.54, 1.807) is 42.5 Å². The van der Waals surface area contributed by atoms with Crippen molar-refractivity contribution < 1.29 is 9.21 Å². The lowest BCUT2D eigenvalue weighted by Crippen LogP contribution is -2.14. The Kier molecular flexibility index (Phi) is 4.00. The molecule has 22 heavy (non-hydrogen) atoms. The van der Waals surface area contributed by atoms with E-state index in [-0.39, 0.29) is 11.2 Å². The fourth-order valence-corrected chi connectivity index (χ4v) is 2.45. The van der Waals surface area contributed by atoms with E-state index in [0.29, 0.717) is 21.7 Å². The molecule has 0 radical (unpaired) electrons. The molecule has 1 aromatic heterocycles. The summed E-state index contributed by atoms with van der Waals surface area (Å²) >= 11 is 9.08. The van der Waals surface area contributed by atoms with Crippen molar-refractivity contribution in [3.8, 4) is 0 Å². The highest BCUT2D eigenvalue weighted by Crippen LogP contribution is 2.19. The molecule has 4 nitrogen and oxygen atoms in total. The summed E-state index contributed by atoms with van der Waals surface area (Å²) in [6.07, 6.45) is 0. The topological polar surface area (TPSA) is 59.3 Å². The average molecular weight is 379 g/mol. The fraction of sp³-hybridized carbons (Fsp3) is 0. The van der Waals surface area contributed by atoms with Gasteiger partial charge in [0.2, 0.25) is 0 Å². The summed E-state index contributed by atoms with van der Waals surface area (Å²) in [6.45, 7) is 0. The van der Waals surface area contributed by atoms with E-state index in [9.17, 15) is 9.59 Å². The van der Waals surface area contributed by atoms with Crippen LogP contribution >= 0.6 is 27.5 Å². The number of rotatable bonds is 2. The van der Waals surface area contributed by atoms with Gasteiger partial charge in [0.1, 0.15) is 5.58 Å². The fourth-order valence-electron chi connectivity index (χ4n) is 1.97. The molecule has 0 aliphatic heterocycles. The standard InChI is InChI=1S/C16H9BrClNO3/c17-9-1-6-14-12(7-9)13(20)8-15(22-14)16(21)19-11-4-2-10(18)3-5-11/h1-8H,(H,19,21). The van der Waals surface area contributed by atoms with Gasteiger partial charge >= 0.3 is 0 Å². The molecule has 0 fully saturated rings. The van der Waals surface area contributed by atoms with Gasteiger partial charge in [0.15, 0.2) is 11.2 Å². The summed E-state index contributed by atoms with van der Waals surface area (Å²) in [5.74, 6) is -0.543. The van der Waals surface area contributed by atoms with Gasteiger partial charge in [-0.05, 0) is 42.5 Å². The van der Waals surface area contributed by atoms with Crippen molar-refractivity contribution in [2.75, 3.05) is 5.32 Å². The van der Waals surface area contributed by atoms with Gasteiger partial charge in [-0.3, -0.25) is 9.59 Å². The normalized spacial score (nSPS) is 10.6. The predicted molar refractivity (Wildman–Crippen MR) is 89.6 cm³/mol. The minimum atomic E-state index is -0.496. The average Bonchev–Trinajstić information content (AvgIpc) is 2.50. The SMILES string of the molecule is O=C(Nc1ccc(Cl)cc1)c1cc(=O)c2cc(Br)ccc2o1. The molecule has 0 saturated carbocycles. The van der Waals surface area contributed by atoms with Crippen molar-refractivity contribution in [1.29, 1.82) is 0 Å². The van der Waals surface area contributed by atoms with Crippen LogP contribution in [0.5, 0.6) is 0 Å². The molecule has 1 amide bonds. The molecule has 3 rings (SSSR count). The summed E-state index contributed by atoms with van der Waals surface area (Å²) < 4.78 is 6.27. The first-order chi connectivity index (χ1) is 10.5. The second kappa shape index (κ2) is 5.94. The highest BCUT2D eigenvalue weighted by molar-refractivity contribution is 9.10. The highest BCUT2D eigenvalue weighted by atomic mass is 79.9. The van der Waals surface area contributed by atoms with Crippen molar-refractivity contribution in [1.82, 2.24) is 0 Å². The van der Waals surface area contributed by atoms with Gasteiger partial charge in [-0.1, -0.05) is 27.5 Å². The molecule has 0 saturated heterocycles. The number of hydrogen-bond donors (Lipinski definition) is 1. The van der Waals surface area contributed by atoms with Crippen LogP contribution in [-0.2, 0) is 0 Å². The zero-order valence-electron chi connectivity index (χ0n) is 11.1. The monoisotopic (exact) mass is 377 g/mol. The maximum absolute atomic E-state index is 12.2. The second-order valence-corrected chi connectivity index (χ2v) is 5.93. The van der Waals surface area contributed by atoms with Crippen LogP contribution in [0, 0.1) is 0 Å². The maximum atomic E-state index is 12.2. The van der Waals surface area contributed by atoms with Gasteiger partial charge in [0.05, 0.1) is 5.39 Å². The molecule has 6 heteroatoms. The summed E-state index contributed by atoms with van der Waals surface area (Å²) in [4.78, 5) is 24.3. The molecule has 0 atom stereocenters. The number of nitrogens with one attached hydrogen (secondary N) is 1. The Balaban J connectivity index is 1.96. The summed E-state index contributed by atoms with van der Waals surface area (Å²) in [6, 6.07) is 12.9. The molecular formula is C16H9BrClNO3. The molecule has 0 unspecified atom stereocenters. The van der Waals surface area contributed by atoms with Crippen molar-refractivity contribution in [2.45, 2.75) is 0 Å². The molecule has 0 bridgehead atoms. The smallest absolute Gasteiger partial charge is 0.291 e. The molecule has 0 aliphatic rings. The Bertz CT molecular complexity index is 919. The number of fused-ring (bicyclic) bond motifs is 1. The zero-order chi connectivity index (χ0) is 15.7. The van der Waals surface area contributed by atoms with Crippen LogP contribution in [0.1, 0.15) is 10.6 Å². The van der Waals surface area contributed by atoms with Crippen LogP contribution in [-0.4, -0.2) is 5.91 Å². The largest absolute Gasteiger partial charge is 0.451 e. The van der Waals surface area contributed by atoms with E-state index in [0.717, 1.165) is 4.47 Å². The van der Waals surface area contributed by atoms with Gasteiger partial charge in [0.25, 0.3) is 5.91 Å². The van der Waals surface area contributed by atoms with E-state index in [4.69, 9.17) is 16.0 Å². The molecule has 1 N–H and O–H groups in total. The number of hydrogen-bond acceptors (Lipinski definition) is 3. The molecular weight excluding hydrogens is 370 g/mol. The van der Waals surface area contributed by atoms with E-state index in [2.05, 4.69) is 21.2 Å². The van der Waals surface area contributed by atoms with E-state index < -0.39 is 5.91 Å². The summed E-state index contributed by atoms with van der Waals surface area (Å²) in [5.41, 5.74) is 0.647. The molecule has 1 heterocycles. The van der Waals surface area contributed by atoms with Crippen LogP contribution in [0.15, 0.2) is 62.2 Å². The van der Waals surface area contributed by atoms with Gasteiger partial charge in [-0.2, -0.15) is 0 Å². The third-order valence-corrected chi connectivity index (χ3v) is 3.76. The predicted octanol–water partition coefficient (Wildman–Crippen LogP) is 4.46. The first-order valence-electron chi connectivity index (χ1n) is 6.33. The van der Waals surface area contributed by atoms with E-state index >= 15 is 0 Å². The summed E-state index contributed by atoms with van der Waals surface area (Å²) in [7, 11) is 0. The van der Waals surface area contributed by atoms with Crippen molar-refractivity contribution in [3.05, 3.63) is 74.0 Å². The second-order valence-electron chi connectivity index (χ2n) is 4.58. The molecule has 0 spiro atoms. The molecule has 2 aromatic carbocycles. The lowest BCUT2D eigenvalue weighted by atomic mass is 10.2. The number of halogens is 2. The minimum absolute atomic E-state index is 0.0465. The Morgan fingerprint density at radius 2 is 1.82 bits per heavy atom. The lowest BCUT2D eigenvalue weighted by Gasteiger charge is -2.05. The number of carbonyl (C=O) groups is 1. The van der Waals surface area contributed by atoms with Crippen LogP contribution < -0.4 is 10.7 Å². The zero-order valence-corrected chi connectivity index (χ0v) is 13.4. The van der Waals surface area contributed by atoms with Crippen molar-refractivity contribution in [2.24, 2.45) is 0 Å². The first-order valence-corrected chi connectivity index (χ1v) is 7.50. The third kappa shape index (κ3) is 3.05. The number of benzene rings is 2. The molecule has 110 valence electrons. The Morgan fingerprint density at radius 3 is 2.55 bits per heavy atom. The van der Waals surface area contributed by atoms with Gasteiger partial charge in [-0.15, -0.1) is 0 Å². The van der Waals surface area contributed by atoms with Crippen molar-refractivity contribution in [3.63, 3.8) is 0 Å². The first kappa shape index (κ1) is 14.8. The molecule has 3 aromatic rings. The van der Waals surface area contributed by atoms with Gasteiger partial charge < -0.3 is 9.73 Å². The quantitative estimate of drug-likeness (QED) is 0.716. The lowest BCUT2D eigenvalue weighted by molar-refractivity contribution is 0.0997. The number of amides is 1. The van der Waals surface area contributed by atoms with Crippen molar-refractivity contribution >= 4 is 50.1 Å². The van der Waals surface area contributed by atoms with E-state index in [1.807, 2.05) is 0 Å². The van der Waals surface area contributed by atoms with Crippen LogP contribution in [0.25, 0.3) is 11.0 Å². The maximum Gasteiger partial charge on any atom is 0.291 e. The Labute approximate surface area is 138 Å². The Hall–Kier alpha value is -2.11. The Morgan fingerprint density at radius 1 is 1.09 bits per heavy atom. The minimum Gasteiger partial charge on any atom is -0.451 e. The summed E-state index contributed by atoms with van der Waals surface area (Å²) in [5, 5.41) is 3.63. The van der Waals surface area contributed by atoms with E-state index in [1.165, 1.54) is 6.07 Å². The van der Waals surface area contributed by atoms with Crippen LogP contribution in [0.4, 0.5) is 5.69 Å². The molecule has 0 aliphatic carbocycles. The van der Waals surface area contributed by atoms with Gasteiger partial charge in [-0.25, -0.2) is 0 Å². The van der Waals surface area contributed by atoms with Crippen LogP contribution in [0.3, 0.4) is 0 Å². The van der Waals surface area contributed by atoms with Gasteiger partial charge in [0, 0.05) is 21.2 Å². The third-order valence-electron chi connectivity index (χ3n) is 3.02. The van der Waals surface area contributed by atoms with Crippen LogP contribution in [0.2, 0.25) is 5.02 Å². The number of anilines is 1. The number of carbonyl (C=O) groups excluding carboxylic acids is 1.